The molecule has 0 radical (unpaired) electrons. The number of aromatic nitrogens is 3. The molecule has 2 N–H and O–H groups in total. The van der Waals surface area contributed by atoms with Crippen molar-refractivity contribution in [3.63, 3.8) is 0 Å². The molecule has 7 nitrogen and oxygen atoms in total. The van der Waals surface area contributed by atoms with Gasteiger partial charge in [0.15, 0.2) is 0 Å². The van der Waals surface area contributed by atoms with Crippen LogP contribution < -0.4 is 10.6 Å². The first-order valence-electron chi connectivity index (χ1n) is 8.25. The molecule has 1 atom stereocenters. The van der Waals surface area contributed by atoms with Crippen LogP contribution >= 0.6 is 11.3 Å². The van der Waals surface area contributed by atoms with E-state index in [4.69, 9.17) is 4.74 Å². The largest absolute Gasteiger partial charge is 0.371 e. The Balaban J connectivity index is 1.42. The lowest BCUT2D eigenvalue weighted by molar-refractivity contribution is 0.0277. The number of nitrogens with zero attached hydrogens (tertiary/aromatic N) is 3. The number of ether oxygens (including phenoxy) is 1. The Kier molecular flexibility index (Phi) is 4.96. The van der Waals surface area contributed by atoms with Crippen LogP contribution in [0.25, 0.3) is 10.7 Å². The molecule has 0 saturated carbocycles. The lowest BCUT2D eigenvalue weighted by Crippen LogP contribution is -2.33. The van der Waals surface area contributed by atoms with Gasteiger partial charge in [-0.2, -0.15) is 0 Å². The predicted octanol–water partition coefficient (Wildman–Crippen LogP) is 2.51. The van der Waals surface area contributed by atoms with Crippen LogP contribution in [0.5, 0.6) is 0 Å². The van der Waals surface area contributed by atoms with Gasteiger partial charge in [0.25, 0.3) is 5.91 Å². The van der Waals surface area contributed by atoms with E-state index in [-0.39, 0.29) is 12.0 Å². The number of hydrogen-bond acceptors (Lipinski definition) is 7. The maximum absolute atomic E-state index is 12.4. The molecular weight excluding hydrogens is 350 g/mol. The van der Waals surface area contributed by atoms with Crippen LogP contribution in [-0.4, -0.2) is 40.6 Å². The number of anilines is 1. The van der Waals surface area contributed by atoms with Crippen LogP contribution in [0.2, 0.25) is 0 Å². The molecule has 0 aliphatic carbocycles. The van der Waals surface area contributed by atoms with E-state index in [1.165, 1.54) is 11.3 Å². The molecule has 1 fully saturated rings. The second-order valence-electron chi connectivity index (χ2n) is 5.77. The molecule has 1 amide bonds. The van der Waals surface area contributed by atoms with Gasteiger partial charge in [0.05, 0.1) is 18.9 Å². The Morgan fingerprint density at radius 3 is 2.88 bits per heavy atom. The molecule has 26 heavy (non-hydrogen) atoms. The highest BCUT2D eigenvalue weighted by Crippen LogP contribution is 2.23. The summed E-state index contributed by atoms with van der Waals surface area (Å²) >= 11 is 1.36. The zero-order valence-electron chi connectivity index (χ0n) is 13.9. The average Bonchev–Trinajstić information content (AvgIpc) is 3.20. The molecule has 3 aromatic rings. The smallest absolute Gasteiger partial charge is 0.275 e. The van der Waals surface area contributed by atoms with Crippen molar-refractivity contribution in [2.75, 3.05) is 25.0 Å². The summed E-state index contributed by atoms with van der Waals surface area (Å²) in [6.07, 6.45) is 4.88. The van der Waals surface area contributed by atoms with Gasteiger partial charge in [-0.1, -0.05) is 12.1 Å². The van der Waals surface area contributed by atoms with Gasteiger partial charge in [0.2, 0.25) is 0 Å². The molecule has 1 aliphatic rings. The van der Waals surface area contributed by atoms with E-state index >= 15 is 0 Å². The summed E-state index contributed by atoms with van der Waals surface area (Å²) in [6.45, 7) is 2.39. The molecule has 2 aromatic heterocycles. The quantitative estimate of drug-likeness (QED) is 0.737. The second-order valence-corrected chi connectivity index (χ2v) is 6.63. The maximum atomic E-state index is 12.4. The Hall–Kier alpha value is -2.68. The molecule has 0 unspecified atom stereocenters. The third-order valence-electron chi connectivity index (χ3n) is 3.99. The van der Waals surface area contributed by atoms with Crippen molar-refractivity contribution < 1.29 is 9.53 Å². The number of carbonyl (C=O) groups excluding carboxylic acids is 1. The molecule has 1 saturated heterocycles. The molecule has 0 spiro atoms. The third kappa shape index (κ3) is 3.77. The fourth-order valence-corrected chi connectivity index (χ4v) is 3.42. The predicted molar refractivity (Wildman–Crippen MR) is 99.1 cm³/mol. The van der Waals surface area contributed by atoms with Gasteiger partial charge in [-0.25, -0.2) is 4.98 Å². The van der Waals surface area contributed by atoms with Crippen LogP contribution in [0.1, 0.15) is 22.2 Å². The summed E-state index contributed by atoms with van der Waals surface area (Å²) in [7, 11) is 0. The maximum Gasteiger partial charge on any atom is 0.275 e. The topological polar surface area (TPSA) is 89.0 Å². The second kappa shape index (κ2) is 7.69. The standard InChI is InChI=1S/C18H17N5O2S/c24-17(15-11-26-18(23-15)14-9-19-5-6-21-14)22-13-3-1-12(2-4-13)16-10-20-7-8-25-16/h1-6,9,11,16,20H,7-8,10H2,(H,22,24)/t16-/m0/s1. The average molecular weight is 367 g/mol. The minimum absolute atomic E-state index is 0.0570. The Morgan fingerprint density at radius 1 is 1.27 bits per heavy atom. The van der Waals surface area contributed by atoms with Gasteiger partial charge in [-0.15, -0.1) is 11.3 Å². The van der Waals surface area contributed by atoms with Gasteiger partial charge in [-0.3, -0.25) is 14.8 Å². The number of morpholine rings is 1. The Labute approximate surface area is 154 Å². The normalized spacial score (nSPS) is 17.0. The highest BCUT2D eigenvalue weighted by molar-refractivity contribution is 7.13. The lowest BCUT2D eigenvalue weighted by Gasteiger charge is -2.24. The lowest BCUT2D eigenvalue weighted by atomic mass is 10.1. The summed E-state index contributed by atoms with van der Waals surface area (Å²) in [5, 5.41) is 8.56. The first kappa shape index (κ1) is 16.8. The zero-order chi connectivity index (χ0) is 17.8. The van der Waals surface area contributed by atoms with Crippen LogP contribution in [-0.2, 0) is 4.74 Å². The molecule has 8 heteroatoms. The van der Waals surface area contributed by atoms with Crippen molar-refractivity contribution in [1.29, 1.82) is 0 Å². The first-order chi connectivity index (χ1) is 12.8. The van der Waals surface area contributed by atoms with Crippen molar-refractivity contribution in [3.05, 3.63) is 59.5 Å². The summed E-state index contributed by atoms with van der Waals surface area (Å²) in [5.74, 6) is -0.250. The molecule has 4 rings (SSSR count). The Morgan fingerprint density at radius 2 is 2.15 bits per heavy atom. The molecule has 3 heterocycles. The fraction of sp³-hybridized carbons (Fsp3) is 0.222. The first-order valence-corrected chi connectivity index (χ1v) is 9.13. The monoisotopic (exact) mass is 367 g/mol. The van der Waals surface area contributed by atoms with E-state index in [1.807, 2.05) is 24.3 Å². The van der Waals surface area contributed by atoms with E-state index in [0.717, 1.165) is 24.3 Å². The molecule has 1 aliphatic heterocycles. The minimum Gasteiger partial charge on any atom is -0.371 e. The third-order valence-corrected chi connectivity index (χ3v) is 4.85. The van der Waals surface area contributed by atoms with Crippen molar-refractivity contribution in [1.82, 2.24) is 20.3 Å². The van der Waals surface area contributed by atoms with Crippen LogP contribution in [0.3, 0.4) is 0 Å². The molecule has 132 valence electrons. The molecular formula is C18H17N5O2S. The van der Waals surface area contributed by atoms with Gasteiger partial charge < -0.3 is 15.4 Å². The van der Waals surface area contributed by atoms with Crippen LogP contribution in [0, 0.1) is 0 Å². The fourth-order valence-electron chi connectivity index (χ4n) is 2.66. The molecule has 0 bridgehead atoms. The van der Waals surface area contributed by atoms with Gasteiger partial charge in [-0.05, 0) is 17.7 Å². The number of carbonyl (C=O) groups is 1. The van der Waals surface area contributed by atoms with Gasteiger partial charge >= 0.3 is 0 Å². The highest BCUT2D eigenvalue weighted by Gasteiger charge is 2.16. The van der Waals surface area contributed by atoms with Crippen molar-refractivity contribution >= 4 is 22.9 Å². The number of thiazole rings is 1. The molecule has 1 aromatic carbocycles. The van der Waals surface area contributed by atoms with Gasteiger partial charge in [0.1, 0.15) is 16.4 Å². The van der Waals surface area contributed by atoms with E-state index < -0.39 is 0 Å². The summed E-state index contributed by atoms with van der Waals surface area (Å²) < 4.78 is 5.73. The number of nitrogens with one attached hydrogen (secondary N) is 2. The van der Waals surface area contributed by atoms with E-state index in [1.54, 1.807) is 24.0 Å². The number of benzene rings is 1. The number of rotatable bonds is 4. The zero-order valence-corrected chi connectivity index (χ0v) is 14.7. The van der Waals surface area contributed by atoms with Crippen molar-refractivity contribution in [2.45, 2.75) is 6.10 Å². The highest BCUT2D eigenvalue weighted by atomic mass is 32.1. The van der Waals surface area contributed by atoms with E-state index in [9.17, 15) is 4.79 Å². The van der Waals surface area contributed by atoms with Crippen LogP contribution in [0.4, 0.5) is 5.69 Å². The van der Waals surface area contributed by atoms with E-state index in [2.05, 4.69) is 25.6 Å². The summed E-state index contributed by atoms with van der Waals surface area (Å²) in [5.41, 5.74) is 2.83. The summed E-state index contributed by atoms with van der Waals surface area (Å²) in [6, 6.07) is 7.70. The number of amides is 1. The van der Waals surface area contributed by atoms with Crippen molar-refractivity contribution in [2.24, 2.45) is 0 Å². The van der Waals surface area contributed by atoms with E-state index in [0.29, 0.717) is 23.0 Å². The van der Waals surface area contributed by atoms with Crippen molar-refractivity contribution in [3.8, 4) is 10.7 Å². The minimum atomic E-state index is -0.250. The SMILES string of the molecule is O=C(Nc1ccc([C@@H]2CNCCO2)cc1)c1csc(-c2cnccn2)n1. The Bertz CT molecular complexity index is 876. The summed E-state index contributed by atoms with van der Waals surface area (Å²) in [4.78, 5) is 25.0. The van der Waals surface area contributed by atoms with Crippen LogP contribution in [0.15, 0.2) is 48.2 Å². The number of hydrogen-bond donors (Lipinski definition) is 2. The van der Waals surface area contributed by atoms with Gasteiger partial charge in [0, 0.05) is 36.6 Å².